The van der Waals surface area contributed by atoms with Crippen LogP contribution in [0.25, 0.3) is 10.2 Å². The number of aryl methyl sites for hydroxylation is 1. The van der Waals surface area contributed by atoms with E-state index in [1.54, 1.807) is 17.7 Å². The van der Waals surface area contributed by atoms with Crippen LogP contribution in [-0.4, -0.2) is 50.9 Å². The first kappa shape index (κ1) is 19.7. The first-order valence-electron chi connectivity index (χ1n) is 10.1. The summed E-state index contributed by atoms with van der Waals surface area (Å²) in [6.07, 6.45) is 7.17. The van der Waals surface area contributed by atoms with Crippen LogP contribution in [0.3, 0.4) is 0 Å². The monoisotopic (exact) mass is 450 g/mol. The molecule has 1 saturated carbocycles. The number of amides is 1. The van der Waals surface area contributed by atoms with Gasteiger partial charge in [-0.05, 0) is 0 Å². The number of hydrogen-bond acceptors (Lipinski definition) is 7. The molecule has 154 valence electrons. The summed E-state index contributed by atoms with van der Waals surface area (Å²) < 4.78 is 11.6. The second kappa shape index (κ2) is 7.81. The Morgan fingerprint density at radius 2 is 2.31 bits per heavy atom. The molecule has 0 bridgehead atoms. The number of anilines is 1. The van der Waals surface area contributed by atoms with Crippen LogP contribution < -0.4 is 16.0 Å². The topological polar surface area (TPSA) is 98.8 Å². The molecular weight excluding hydrogens is 426 g/mol. The summed E-state index contributed by atoms with van der Waals surface area (Å²) in [6.45, 7) is 0.723. The Hall–Kier alpha value is -1.20. The van der Waals surface area contributed by atoms with Crippen LogP contribution in [0.15, 0.2) is 6.33 Å². The number of thioether (sulfide) groups is 1. The summed E-state index contributed by atoms with van der Waals surface area (Å²) in [5, 5.41) is 11.5. The molecule has 2 aromatic rings. The van der Waals surface area contributed by atoms with Gasteiger partial charge in [0.15, 0.2) is 0 Å². The number of nitrogens with zero attached hydrogens (tertiary/aromatic N) is 2. The van der Waals surface area contributed by atoms with Gasteiger partial charge in [0.1, 0.15) is 0 Å². The van der Waals surface area contributed by atoms with Crippen molar-refractivity contribution in [2.45, 2.75) is 60.6 Å². The van der Waals surface area contributed by atoms with E-state index in [9.17, 15) is 8.84 Å². The molecule has 29 heavy (non-hydrogen) atoms. The van der Waals surface area contributed by atoms with Gasteiger partial charge in [-0.2, -0.15) is 0 Å². The van der Waals surface area contributed by atoms with E-state index in [0.29, 0.717) is 17.3 Å². The molecule has 5 rings (SSSR count). The number of carbonyl (C=O) groups is 1. The Balaban J connectivity index is 1.42. The zero-order valence-electron chi connectivity index (χ0n) is 16.2. The Kier molecular flexibility index (Phi) is 5.32. The summed E-state index contributed by atoms with van der Waals surface area (Å²) in [5.41, 5.74) is 1.31. The molecule has 0 radical (unpaired) electrons. The number of fused-ring (bicyclic) bond motifs is 4. The van der Waals surface area contributed by atoms with Crippen molar-refractivity contribution in [1.29, 1.82) is 0 Å². The van der Waals surface area contributed by atoms with Gasteiger partial charge in [-0.25, -0.2) is 0 Å². The number of carbonyl (C=O) groups excluding carboxylic acids is 1. The summed E-state index contributed by atoms with van der Waals surface area (Å²) >= 11 is 3.89. The summed E-state index contributed by atoms with van der Waals surface area (Å²) in [5.74, 6) is 0.911. The normalized spacial score (nSPS) is 31.2. The van der Waals surface area contributed by atoms with Crippen molar-refractivity contribution in [3.05, 3.63) is 16.8 Å². The van der Waals surface area contributed by atoms with E-state index in [1.165, 1.54) is 22.2 Å². The van der Waals surface area contributed by atoms with Crippen molar-refractivity contribution in [3.8, 4) is 0 Å². The second-order valence-electron chi connectivity index (χ2n) is 8.23. The summed E-state index contributed by atoms with van der Waals surface area (Å²) in [7, 11) is 1.91. The minimum atomic E-state index is -0.277. The zero-order chi connectivity index (χ0) is 20.0. The van der Waals surface area contributed by atoms with Crippen LogP contribution in [0, 0.1) is 0 Å². The second-order valence-corrected chi connectivity index (χ2v) is 11.6. The average molecular weight is 451 g/mol. The van der Waals surface area contributed by atoms with Gasteiger partial charge in [0.2, 0.25) is 0 Å². The van der Waals surface area contributed by atoms with E-state index in [1.807, 2.05) is 7.05 Å². The summed E-state index contributed by atoms with van der Waals surface area (Å²) in [4.78, 5) is 23.1. The maximum atomic E-state index is 11.9. The standard InChI is InChI=1S/C19H23N5O2S3/c1-20-8-19(29-26)5-4-11-14(7-19)27-17-15(11)16(21-9-22-17)23-10-2-3-12-13(6-10)28-18(25)24-12/h9-10,12-13,20H,2-8H2,1H3,(H-,21,22,23,24,25)/p+1. The molecule has 3 heterocycles. The summed E-state index contributed by atoms with van der Waals surface area (Å²) in [6, 6.07) is 0.629. The minimum absolute atomic E-state index is 0.110. The Morgan fingerprint density at radius 3 is 3.14 bits per heavy atom. The third-order valence-corrected chi connectivity index (χ3v) is 9.50. The van der Waals surface area contributed by atoms with E-state index in [4.69, 9.17) is 0 Å². The molecule has 4 atom stereocenters. The van der Waals surface area contributed by atoms with Crippen molar-refractivity contribution >= 4 is 55.9 Å². The van der Waals surface area contributed by atoms with Crippen molar-refractivity contribution in [1.82, 2.24) is 20.6 Å². The first-order chi connectivity index (χ1) is 14.1. The Labute approximate surface area is 181 Å². The van der Waals surface area contributed by atoms with Gasteiger partial charge >= 0.3 is 166 Å². The molecule has 10 heteroatoms. The number of hydrogen-bond donors (Lipinski definition) is 3. The van der Waals surface area contributed by atoms with Gasteiger partial charge in [0.05, 0.1) is 0 Å². The van der Waals surface area contributed by atoms with Gasteiger partial charge < -0.3 is 5.32 Å². The van der Waals surface area contributed by atoms with Crippen molar-refractivity contribution in [3.63, 3.8) is 0 Å². The fraction of sp³-hybridized carbons (Fsp3) is 0.632. The number of aromatic nitrogens is 2. The van der Waals surface area contributed by atoms with Gasteiger partial charge in [0, 0.05) is 0 Å². The van der Waals surface area contributed by atoms with E-state index >= 15 is 0 Å². The van der Waals surface area contributed by atoms with Crippen molar-refractivity contribution in [2.75, 3.05) is 18.9 Å². The van der Waals surface area contributed by atoms with Crippen LogP contribution in [-0.2, 0) is 16.9 Å². The van der Waals surface area contributed by atoms with Crippen LogP contribution in [0.2, 0.25) is 0 Å². The predicted octanol–water partition coefficient (Wildman–Crippen LogP) is 3.37. The molecule has 3 N–H and O–H groups in total. The number of rotatable bonds is 4. The molecule has 1 saturated heterocycles. The third-order valence-electron chi connectivity index (χ3n) is 6.35. The Morgan fingerprint density at radius 1 is 1.41 bits per heavy atom. The van der Waals surface area contributed by atoms with Crippen molar-refractivity contribution in [2.24, 2.45) is 0 Å². The Bertz CT molecular complexity index is 1010. The quantitative estimate of drug-likeness (QED) is 0.618. The molecule has 2 aliphatic carbocycles. The number of nitrogens with one attached hydrogen (secondary N) is 3. The SMILES string of the molecule is CNCC1(S#[O+])CCc2c(sc3ncnc(NC4CCC5NC(=O)SC5C4)c23)C1. The molecule has 0 spiro atoms. The van der Waals surface area contributed by atoms with Crippen LogP contribution >= 0.6 is 34.6 Å². The van der Waals surface area contributed by atoms with Gasteiger partial charge in [0.25, 0.3) is 5.24 Å². The molecule has 2 aromatic heterocycles. The molecule has 1 amide bonds. The molecule has 1 aliphatic heterocycles. The van der Waals surface area contributed by atoms with E-state index < -0.39 is 0 Å². The molecule has 3 aliphatic rings. The maximum absolute atomic E-state index is 11.9. The van der Waals surface area contributed by atoms with Gasteiger partial charge in [-0.3, -0.25) is 4.79 Å². The van der Waals surface area contributed by atoms with E-state index in [-0.39, 0.29) is 9.99 Å². The molecule has 4 unspecified atom stereocenters. The first-order valence-corrected chi connectivity index (χ1v) is 12.5. The predicted molar refractivity (Wildman–Crippen MR) is 119 cm³/mol. The molecule has 0 aromatic carbocycles. The van der Waals surface area contributed by atoms with E-state index in [2.05, 4.69) is 25.9 Å². The van der Waals surface area contributed by atoms with Crippen LogP contribution in [0.1, 0.15) is 36.1 Å². The zero-order valence-corrected chi connectivity index (χ0v) is 18.6. The number of thiophene rings is 1. The molecular formula is C19H24N5O2S3+. The van der Waals surface area contributed by atoms with Crippen molar-refractivity contribution < 1.29 is 8.84 Å². The fourth-order valence-corrected chi connectivity index (χ4v) is 8.14. The fourth-order valence-electron chi connectivity index (χ4n) is 4.93. The van der Waals surface area contributed by atoms with Gasteiger partial charge in [-0.15, -0.1) is 0 Å². The van der Waals surface area contributed by atoms with E-state index in [0.717, 1.165) is 72.6 Å². The van der Waals surface area contributed by atoms with Crippen LogP contribution in [0.5, 0.6) is 0 Å². The van der Waals surface area contributed by atoms with Crippen LogP contribution in [0.4, 0.5) is 10.6 Å². The third kappa shape index (κ3) is 3.59. The molecule has 7 nitrogen and oxygen atoms in total. The molecule has 2 fully saturated rings. The van der Waals surface area contributed by atoms with Gasteiger partial charge in [-0.1, -0.05) is 0 Å². The average Bonchev–Trinajstić information content (AvgIpc) is 3.27.